The number of carbonyl (C=O) groups is 1. The Labute approximate surface area is 119 Å². The molecule has 0 aromatic heterocycles. The van der Waals surface area contributed by atoms with Crippen molar-refractivity contribution in [2.75, 3.05) is 13.3 Å². The number of Topliss-reactive ketones (excluding diaryl/α,β-unsaturated/α-hetero) is 1. The first kappa shape index (κ1) is 13.4. The molecule has 20 heavy (non-hydrogen) atoms. The molecule has 0 radical (unpaired) electrons. The van der Waals surface area contributed by atoms with Crippen LogP contribution < -0.4 is 14.8 Å². The van der Waals surface area contributed by atoms with E-state index >= 15 is 0 Å². The molecule has 1 aromatic rings. The molecule has 1 saturated carbocycles. The molecule has 1 fully saturated rings. The van der Waals surface area contributed by atoms with Crippen molar-refractivity contribution in [3.63, 3.8) is 0 Å². The second-order valence-electron chi connectivity index (χ2n) is 5.56. The molecule has 2 aliphatic rings. The van der Waals surface area contributed by atoms with Crippen LogP contribution in [0.15, 0.2) is 18.2 Å². The van der Waals surface area contributed by atoms with E-state index in [-0.39, 0.29) is 12.6 Å². The summed E-state index contributed by atoms with van der Waals surface area (Å²) in [6.07, 6.45) is 7.58. The smallest absolute Gasteiger partial charge is 0.231 e. The van der Waals surface area contributed by atoms with Gasteiger partial charge in [0, 0.05) is 11.6 Å². The number of benzene rings is 1. The fourth-order valence-electron chi connectivity index (χ4n) is 2.89. The molecule has 4 nitrogen and oxygen atoms in total. The van der Waals surface area contributed by atoms with Crippen molar-refractivity contribution in [2.24, 2.45) is 0 Å². The maximum absolute atomic E-state index is 12.2. The Bertz CT molecular complexity index is 479. The van der Waals surface area contributed by atoms with Crippen molar-refractivity contribution in [3.8, 4) is 11.5 Å². The SMILES string of the molecule is O=C(CNC1CCCCCC1)c1ccc2c(c1)OCO2. The van der Waals surface area contributed by atoms with Gasteiger partial charge in [-0.3, -0.25) is 4.79 Å². The normalized spacial score (nSPS) is 18.8. The van der Waals surface area contributed by atoms with Gasteiger partial charge in [0.15, 0.2) is 17.3 Å². The van der Waals surface area contributed by atoms with Crippen LogP contribution in [-0.4, -0.2) is 25.2 Å². The fraction of sp³-hybridized carbons (Fsp3) is 0.562. The number of nitrogens with one attached hydrogen (secondary N) is 1. The maximum Gasteiger partial charge on any atom is 0.231 e. The zero-order valence-electron chi connectivity index (χ0n) is 11.7. The Morgan fingerprint density at radius 1 is 1.10 bits per heavy atom. The van der Waals surface area contributed by atoms with Crippen LogP contribution in [0.1, 0.15) is 48.9 Å². The summed E-state index contributed by atoms with van der Waals surface area (Å²) in [6, 6.07) is 5.89. The Hall–Kier alpha value is -1.55. The van der Waals surface area contributed by atoms with E-state index in [4.69, 9.17) is 9.47 Å². The van der Waals surface area contributed by atoms with Gasteiger partial charge in [0.2, 0.25) is 6.79 Å². The molecule has 0 amide bonds. The van der Waals surface area contributed by atoms with Crippen LogP contribution in [0.4, 0.5) is 0 Å². The van der Waals surface area contributed by atoms with Gasteiger partial charge < -0.3 is 14.8 Å². The zero-order chi connectivity index (χ0) is 13.8. The van der Waals surface area contributed by atoms with Crippen molar-refractivity contribution in [2.45, 2.75) is 44.6 Å². The van der Waals surface area contributed by atoms with Gasteiger partial charge in [-0.15, -0.1) is 0 Å². The largest absolute Gasteiger partial charge is 0.454 e. The monoisotopic (exact) mass is 275 g/mol. The van der Waals surface area contributed by atoms with Crippen LogP contribution in [0.5, 0.6) is 11.5 Å². The van der Waals surface area contributed by atoms with Crippen molar-refractivity contribution >= 4 is 5.78 Å². The Morgan fingerprint density at radius 3 is 2.65 bits per heavy atom. The van der Waals surface area contributed by atoms with Crippen LogP contribution in [0.2, 0.25) is 0 Å². The van der Waals surface area contributed by atoms with E-state index in [1.54, 1.807) is 12.1 Å². The fourth-order valence-corrected chi connectivity index (χ4v) is 2.89. The highest BCUT2D eigenvalue weighted by atomic mass is 16.7. The lowest BCUT2D eigenvalue weighted by molar-refractivity contribution is 0.0985. The summed E-state index contributed by atoms with van der Waals surface area (Å²) in [4.78, 5) is 12.2. The summed E-state index contributed by atoms with van der Waals surface area (Å²) in [7, 11) is 0. The Morgan fingerprint density at radius 2 is 1.85 bits per heavy atom. The number of hydrogen-bond donors (Lipinski definition) is 1. The molecule has 0 spiro atoms. The van der Waals surface area contributed by atoms with Gasteiger partial charge in [0.1, 0.15) is 0 Å². The van der Waals surface area contributed by atoms with Gasteiger partial charge in [0.25, 0.3) is 0 Å². The molecule has 0 saturated heterocycles. The van der Waals surface area contributed by atoms with E-state index in [0.717, 1.165) is 5.75 Å². The minimum absolute atomic E-state index is 0.118. The molecule has 0 unspecified atom stereocenters. The lowest BCUT2D eigenvalue weighted by Crippen LogP contribution is -2.33. The number of ketones is 1. The first-order valence-electron chi connectivity index (χ1n) is 7.49. The highest BCUT2D eigenvalue weighted by Crippen LogP contribution is 2.32. The summed E-state index contributed by atoms with van der Waals surface area (Å²) < 4.78 is 10.6. The zero-order valence-corrected chi connectivity index (χ0v) is 11.7. The van der Waals surface area contributed by atoms with Gasteiger partial charge in [-0.2, -0.15) is 0 Å². The topological polar surface area (TPSA) is 47.6 Å². The second-order valence-corrected chi connectivity index (χ2v) is 5.56. The van der Waals surface area contributed by atoms with E-state index in [0.29, 0.717) is 23.9 Å². The third-order valence-electron chi connectivity index (χ3n) is 4.10. The first-order chi connectivity index (χ1) is 9.83. The molecular weight excluding hydrogens is 254 g/mol. The van der Waals surface area contributed by atoms with Crippen molar-refractivity contribution in [1.82, 2.24) is 5.32 Å². The highest BCUT2D eigenvalue weighted by molar-refractivity contribution is 5.98. The predicted molar refractivity (Wildman–Crippen MR) is 76.4 cm³/mol. The van der Waals surface area contributed by atoms with E-state index < -0.39 is 0 Å². The average molecular weight is 275 g/mol. The lowest BCUT2D eigenvalue weighted by atomic mass is 10.1. The standard InChI is InChI=1S/C16H21NO3/c18-14(10-17-13-5-3-1-2-4-6-13)12-7-8-15-16(9-12)20-11-19-15/h7-9,13,17H,1-6,10-11H2. The third kappa shape index (κ3) is 3.12. The minimum Gasteiger partial charge on any atom is -0.454 e. The molecule has 3 rings (SSSR count). The number of hydrogen-bond acceptors (Lipinski definition) is 4. The molecular formula is C16H21NO3. The van der Waals surface area contributed by atoms with Crippen LogP contribution >= 0.6 is 0 Å². The molecule has 1 heterocycles. The van der Waals surface area contributed by atoms with Crippen LogP contribution in [0, 0.1) is 0 Å². The van der Waals surface area contributed by atoms with Gasteiger partial charge in [-0.1, -0.05) is 25.7 Å². The molecule has 1 aromatic carbocycles. The number of ether oxygens (including phenoxy) is 2. The summed E-state index contributed by atoms with van der Waals surface area (Å²) >= 11 is 0. The second kappa shape index (κ2) is 6.27. The number of carbonyl (C=O) groups excluding carboxylic acids is 1. The van der Waals surface area contributed by atoms with Crippen molar-refractivity contribution < 1.29 is 14.3 Å². The molecule has 4 heteroatoms. The molecule has 108 valence electrons. The quantitative estimate of drug-likeness (QED) is 0.678. The van der Waals surface area contributed by atoms with Crippen molar-refractivity contribution in [1.29, 1.82) is 0 Å². The van der Waals surface area contributed by atoms with Gasteiger partial charge in [0.05, 0.1) is 6.54 Å². The van der Waals surface area contributed by atoms with Crippen LogP contribution in [0.25, 0.3) is 0 Å². The molecule has 1 N–H and O–H groups in total. The van der Waals surface area contributed by atoms with Crippen LogP contribution in [0.3, 0.4) is 0 Å². The summed E-state index contributed by atoms with van der Waals surface area (Å²) in [5.74, 6) is 1.51. The minimum atomic E-state index is 0.118. The number of rotatable bonds is 4. The summed E-state index contributed by atoms with van der Waals surface area (Å²) in [5.41, 5.74) is 0.690. The maximum atomic E-state index is 12.2. The summed E-state index contributed by atoms with van der Waals surface area (Å²) in [6.45, 7) is 0.650. The predicted octanol–water partition coefficient (Wildman–Crippen LogP) is 2.91. The summed E-state index contributed by atoms with van der Waals surface area (Å²) in [5, 5.41) is 3.41. The average Bonchev–Trinajstić information content (AvgIpc) is 2.78. The third-order valence-corrected chi connectivity index (χ3v) is 4.10. The molecule has 1 aliphatic carbocycles. The number of fused-ring (bicyclic) bond motifs is 1. The van der Waals surface area contributed by atoms with Crippen LogP contribution in [-0.2, 0) is 0 Å². The van der Waals surface area contributed by atoms with E-state index in [1.807, 2.05) is 6.07 Å². The highest BCUT2D eigenvalue weighted by Gasteiger charge is 2.17. The van der Waals surface area contributed by atoms with Gasteiger partial charge >= 0.3 is 0 Å². The van der Waals surface area contributed by atoms with Crippen molar-refractivity contribution in [3.05, 3.63) is 23.8 Å². The Balaban J connectivity index is 1.56. The van der Waals surface area contributed by atoms with Gasteiger partial charge in [-0.05, 0) is 31.0 Å². The van der Waals surface area contributed by atoms with Gasteiger partial charge in [-0.25, -0.2) is 0 Å². The van der Waals surface area contributed by atoms with E-state index in [2.05, 4.69) is 5.32 Å². The molecule has 1 aliphatic heterocycles. The lowest BCUT2D eigenvalue weighted by Gasteiger charge is -2.15. The van der Waals surface area contributed by atoms with E-state index in [9.17, 15) is 4.79 Å². The van der Waals surface area contributed by atoms with E-state index in [1.165, 1.54) is 38.5 Å². The Kier molecular flexibility index (Phi) is 4.21. The first-order valence-corrected chi connectivity index (χ1v) is 7.49. The molecule has 0 bridgehead atoms. The molecule has 0 atom stereocenters.